The Bertz CT molecular complexity index is 232. The molecule has 1 aliphatic carbocycles. The maximum atomic E-state index is 11.7. The number of carbonyl (C=O) groups is 1. The van der Waals surface area contributed by atoms with Crippen LogP contribution >= 0.6 is 0 Å². The molecular formula is C14H28N2O. The van der Waals surface area contributed by atoms with Crippen molar-refractivity contribution in [3.8, 4) is 0 Å². The zero-order valence-corrected chi connectivity index (χ0v) is 11.5. The van der Waals surface area contributed by atoms with Crippen molar-refractivity contribution in [2.75, 3.05) is 6.54 Å². The van der Waals surface area contributed by atoms with Crippen molar-refractivity contribution >= 4 is 5.91 Å². The lowest BCUT2D eigenvalue weighted by molar-refractivity contribution is -0.123. The largest absolute Gasteiger partial charge is 0.354 e. The van der Waals surface area contributed by atoms with E-state index in [1.54, 1.807) is 0 Å². The lowest BCUT2D eigenvalue weighted by atomic mass is 9.81. The van der Waals surface area contributed by atoms with Crippen LogP contribution in [0.15, 0.2) is 0 Å². The Morgan fingerprint density at radius 3 is 2.24 bits per heavy atom. The van der Waals surface area contributed by atoms with Crippen LogP contribution in [-0.4, -0.2) is 18.5 Å². The van der Waals surface area contributed by atoms with Gasteiger partial charge in [-0.25, -0.2) is 0 Å². The summed E-state index contributed by atoms with van der Waals surface area (Å²) in [7, 11) is 0. The first-order valence-electron chi connectivity index (χ1n) is 7.07. The average molecular weight is 240 g/mol. The van der Waals surface area contributed by atoms with Gasteiger partial charge >= 0.3 is 0 Å². The standard InChI is InChI=1S/C14H28N2O/c1-4-11-5-7-12(8-6-11)9-16-14(17)13(15)10(2)3/h10-13H,4-9,15H2,1-3H3,(H,16,17)/t11?,12?,13-/m0/s1. The number of rotatable bonds is 5. The molecule has 1 saturated carbocycles. The maximum Gasteiger partial charge on any atom is 0.237 e. The summed E-state index contributed by atoms with van der Waals surface area (Å²) in [6.07, 6.45) is 6.48. The van der Waals surface area contributed by atoms with Crippen LogP contribution in [0.3, 0.4) is 0 Å². The first-order valence-corrected chi connectivity index (χ1v) is 7.07. The second-order valence-electron chi connectivity index (χ2n) is 5.81. The molecule has 1 rings (SSSR count). The molecule has 3 heteroatoms. The van der Waals surface area contributed by atoms with E-state index >= 15 is 0 Å². The summed E-state index contributed by atoms with van der Waals surface area (Å²) in [5.41, 5.74) is 5.81. The molecule has 0 unspecified atom stereocenters. The van der Waals surface area contributed by atoms with Crippen LogP contribution in [0.25, 0.3) is 0 Å². The summed E-state index contributed by atoms with van der Waals surface area (Å²) >= 11 is 0. The Labute approximate surface area is 106 Å². The first-order chi connectivity index (χ1) is 8.04. The Hall–Kier alpha value is -0.570. The molecule has 1 aliphatic rings. The third-order valence-corrected chi connectivity index (χ3v) is 4.13. The van der Waals surface area contributed by atoms with Gasteiger partial charge in [0.25, 0.3) is 0 Å². The van der Waals surface area contributed by atoms with Crippen molar-refractivity contribution in [3.05, 3.63) is 0 Å². The molecule has 0 saturated heterocycles. The molecule has 0 spiro atoms. The average Bonchev–Trinajstić information content (AvgIpc) is 2.35. The van der Waals surface area contributed by atoms with E-state index in [0.717, 1.165) is 12.5 Å². The SMILES string of the molecule is CCC1CCC(CNC(=O)[C@@H](N)C(C)C)CC1. The van der Waals surface area contributed by atoms with Crippen molar-refractivity contribution in [3.63, 3.8) is 0 Å². The molecule has 1 fully saturated rings. The fourth-order valence-electron chi connectivity index (χ4n) is 2.51. The van der Waals surface area contributed by atoms with Crippen molar-refractivity contribution < 1.29 is 4.79 Å². The minimum atomic E-state index is -0.359. The number of hydrogen-bond donors (Lipinski definition) is 2. The molecule has 3 nitrogen and oxygen atoms in total. The Balaban J connectivity index is 2.21. The summed E-state index contributed by atoms with van der Waals surface area (Å²) in [5.74, 6) is 1.81. The van der Waals surface area contributed by atoms with Crippen LogP contribution < -0.4 is 11.1 Å². The fourth-order valence-corrected chi connectivity index (χ4v) is 2.51. The van der Waals surface area contributed by atoms with Gasteiger partial charge in [-0.15, -0.1) is 0 Å². The molecular weight excluding hydrogens is 212 g/mol. The molecule has 1 atom stereocenters. The molecule has 0 aromatic carbocycles. The molecule has 0 aliphatic heterocycles. The Kier molecular flexibility index (Phi) is 5.96. The molecule has 3 N–H and O–H groups in total. The van der Waals surface area contributed by atoms with Gasteiger partial charge in [-0.3, -0.25) is 4.79 Å². The van der Waals surface area contributed by atoms with Gasteiger partial charge in [-0.2, -0.15) is 0 Å². The molecule has 0 bridgehead atoms. The fraction of sp³-hybridized carbons (Fsp3) is 0.929. The highest BCUT2D eigenvalue weighted by atomic mass is 16.2. The molecule has 1 amide bonds. The minimum absolute atomic E-state index is 0.0117. The van der Waals surface area contributed by atoms with Gasteiger partial charge in [-0.05, 0) is 30.6 Å². The minimum Gasteiger partial charge on any atom is -0.354 e. The van der Waals surface area contributed by atoms with Gasteiger partial charge in [0.15, 0.2) is 0 Å². The number of amides is 1. The Morgan fingerprint density at radius 1 is 1.24 bits per heavy atom. The Morgan fingerprint density at radius 2 is 1.76 bits per heavy atom. The quantitative estimate of drug-likeness (QED) is 0.774. The van der Waals surface area contributed by atoms with Crippen LogP contribution in [0.5, 0.6) is 0 Å². The second-order valence-corrected chi connectivity index (χ2v) is 5.81. The lowest BCUT2D eigenvalue weighted by Gasteiger charge is -2.28. The molecule has 0 aromatic heterocycles. The van der Waals surface area contributed by atoms with Crippen molar-refractivity contribution in [2.24, 2.45) is 23.5 Å². The first kappa shape index (κ1) is 14.5. The van der Waals surface area contributed by atoms with E-state index in [1.165, 1.54) is 32.1 Å². The smallest absolute Gasteiger partial charge is 0.237 e. The third-order valence-electron chi connectivity index (χ3n) is 4.13. The van der Waals surface area contributed by atoms with E-state index in [-0.39, 0.29) is 17.9 Å². The highest BCUT2D eigenvalue weighted by molar-refractivity contribution is 5.81. The summed E-state index contributed by atoms with van der Waals surface area (Å²) in [6.45, 7) is 7.05. The topological polar surface area (TPSA) is 55.1 Å². The van der Waals surface area contributed by atoms with Crippen molar-refractivity contribution in [1.82, 2.24) is 5.32 Å². The highest BCUT2D eigenvalue weighted by Gasteiger charge is 2.22. The molecule has 0 radical (unpaired) electrons. The zero-order valence-electron chi connectivity index (χ0n) is 11.5. The monoisotopic (exact) mass is 240 g/mol. The summed E-state index contributed by atoms with van der Waals surface area (Å²) < 4.78 is 0. The van der Waals surface area contributed by atoms with E-state index in [1.807, 2.05) is 13.8 Å². The van der Waals surface area contributed by atoms with Crippen LogP contribution in [0.2, 0.25) is 0 Å². The third kappa shape index (κ3) is 4.66. The number of nitrogens with one attached hydrogen (secondary N) is 1. The number of hydrogen-bond acceptors (Lipinski definition) is 2. The van der Waals surface area contributed by atoms with Crippen LogP contribution in [0, 0.1) is 17.8 Å². The highest BCUT2D eigenvalue weighted by Crippen LogP contribution is 2.30. The predicted molar refractivity (Wildman–Crippen MR) is 71.6 cm³/mol. The summed E-state index contributed by atoms with van der Waals surface area (Å²) in [4.78, 5) is 11.7. The number of carbonyl (C=O) groups excluding carboxylic acids is 1. The zero-order chi connectivity index (χ0) is 12.8. The van der Waals surface area contributed by atoms with E-state index in [2.05, 4.69) is 12.2 Å². The van der Waals surface area contributed by atoms with Gasteiger partial charge < -0.3 is 11.1 Å². The van der Waals surface area contributed by atoms with E-state index in [9.17, 15) is 4.79 Å². The van der Waals surface area contributed by atoms with Gasteiger partial charge in [-0.1, -0.05) is 40.0 Å². The summed E-state index contributed by atoms with van der Waals surface area (Å²) in [5, 5.41) is 3.00. The van der Waals surface area contributed by atoms with Gasteiger partial charge in [0, 0.05) is 6.54 Å². The van der Waals surface area contributed by atoms with Crippen LogP contribution in [0.1, 0.15) is 52.9 Å². The molecule has 17 heavy (non-hydrogen) atoms. The van der Waals surface area contributed by atoms with Crippen LogP contribution in [0.4, 0.5) is 0 Å². The van der Waals surface area contributed by atoms with Crippen molar-refractivity contribution in [2.45, 2.75) is 58.9 Å². The van der Waals surface area contributed by atoms with E-state index in [4.69, 9.17) is 5.73 Å². The van der Waals surface area contributed by atoms with Gasteiger partial charge in [0.05, 0.1) is 6.04 Å². The molecule has 0 heterocycles. The maximum absolute atomic E-state index is 11.7. The van der Waals surface area contributed by atoms with E-state index in [0.29, 0.717) is 5.92 Å². The van der Waals surface area contributed by atoms with Crippen molar-refractivity contribution in [1.29, 1.82) is 0 Å². The van der Waals surface area contributed by atoms with Crippen LogP contribution in [-0.2, 0) is 4.79 Å². The lowest BCUT2D eigenvalue weighted by Crippen LogP contribution is -2.45. The summed E-state index contributed by atoms with van der Waals surface area (Å²) in [6, 6.07) is -0.359. The van der Waals surface area contributed by atoms with Gasteiger partial charge in [0.2, 0.25) is 5.91 Å². The normalized spacial score (nSPS) is 26.9. The predicted octanol–water partition coefficient (Wildman–Crippen LogP) is 2.30. The second kappa shape index (κ2) is 7.00. The molecule has 100 valence electrons. The number of nitrogens with two attached hydrogens (primary N) is 1. The van der Waals surface area contributed by atoms with Gasteiger partial charge in [0.1, 0.15) is 0 Å². The van der Waals surface area contributed by atoms with E-state index < -0.39 is 0 Å². The molecule has 0 aromatic rings.